The summed E-state index contributed by atoms with van der Waals surface area (Å²) in [7, 11) is -1.59. The molecular formula is C18H23N3O4S2. The highest BCUT2D eigenvalue weighted by atomic mass is 32.2. The average Bonchev–Trinajstić information content (AvgIpc) is 3.12. The van der Waals surface area contributed by atoms with Crippen LogP contribution in [0.4, 0.5) is 11.4 Å². The highest BCUT2D eigenvalue weighted by Gasteiger charge is 2.32. The van der Waals surface area contributed by atoms with Crippen molar-refractivity contribution in [3.63, 3.8) is 0 Å². The molecule has 146 valence electrons. The normalized spacial score (nSPS) is 21.1. The van der Waals surface area contributed by atoms with E-state index in [1.807, 2.05) is 6.07 Å². The first-order chi connectivity index (χ1) is 12.8. The molecule has 0 spiro atoms. The van der Waals surface area contributed by atoms with Gasteiger partial charge in [-0.05, 0) is 55.9 Å². The van der Waals surface area contributed by atoms with Crippen molar-refractivity contribution in [3.8, 4) is 0 Å². The fourth-order valence-electron chi connectivity index (χ4n) is 3.78. The number of sulfone groups is 1. The first kappa shape index (κ1) is 19.8. The molecule has 3 rings (SSSR count). The standard InChI is InChI=1S/C18H23N3O4S2/c1-20-10-4-6-13(17(20)15-8-5-11-26-15)12-19-14-7-3-9-16(27(2,24)25)18(14)21(22)23/h3,5,7-9,11,13,17,19H,4,6,10,12H2,1-2H3. The Bertz CT molecular complexity index is 913. The lowest BCUT2D eigenvalue weighted by molar-refractivity contribution is -0.386. The minimum Gasteiger partial charge on any atom is -0.379 e. The van der Waals surface area contributed by atoms with Crippen LogP contribution >= 0.6 is 11.3 Å². The number of nitrogens with zero attached hydrogens (tertiary/aromatic N) is 2. The summed E-state index contributed by atoms with van der Waals surface area (Å²) >= 11 is 1.72. The van der Waals surface area contributed by atoms with Crippen molar-refractivity contribution in [3.05, 3.63) is 50.7 Å². The second-order valence-electron chi connectivity index (χ2n) is 6.91. The monoisotopic (exact) mass is 409 g/mol. The first-order valence-corrected chi connectivity index (χ1v) is 11.5. The third-order valence-electron chi connectivity index (χ3n) is 4.98. The predicted octanol–water partition coefficient (Wildman–Crippen LogP) is 3.55. The lowest BCUT2D eigenvalue weighted by atomic mass is 9.88. The van der Waals surface area contributed by atoms with Gasteiger partial charge in [0.2, 0.25) is 0 Å². The van der Waals surface area contributed by atoms with Gasteiger partial charge in [-0.3, -0.25) is 15.0 Å². The van der Waals surface area contributed by atoms with Crippen LogP contribution < -0.4 is 5.32 Å². The third-order valence-corrected chi connectivity index (χ3v) is 7.05. The molecule has 2 heterocycles. The molecule has 1 aliphatic heterocycles. The lowest BCUT2D eigenvalue weighted by Crippen LogP contribution is -2.38. The van der Waals surface area contributed by atoms with Crippen molar-refractivity contribution < 1.29 is 13.3 Å². The van der Waals surface area contributed by atoms with Crippen LogP contribution in [0.25, 0.3) is 0 Å². The van der Waals surface area contributed by atoms with Gasteiger partial charge in [-0.15, -0.1) is 11.3 Å². The van der Waals surface area contributed by atoms with E-state index in [2.05, 4.69) is 28.7 Å². The number of nitrogens with one attached hydrogen (secondary N) is 1. The van der Waals surface area contributed by atoms with Gasteiger partial charge in [-0.25, -0.2) is 8.42 Å². The molecule has 1 aliphatic rings. The van der Waals surface area contributed by atoms with Gasteiger partial charge in [0.05, 0.1) is 4.92 Å². The van der Waals surface area contributed by atoms with Crippen molar-refractivity contribution in [2.24, 2.45) is 5.92 Å². The lowest BCUT2D eigenvalue weighted by Gasteiger charge is -2.39. The van der Waals surface area contributed by atoms with E-state index in [4.69, 9.17) is 0 Å². The second kappa shape index (κ2) is 7.95. The van der Waals surface area contributed by atoms with Gasteiger partial charge in [0.1, 0.15) is 10.6 Å². The molecule has 0 radical (unpaired) electrons. The zero-order valence-electron chi connectivity index (χ0n) is 15.3. The zero-order chi connectivity index (χ0) is 19.6. The molecule has 0 amide bonds. The molecule has 0 bridgehead atoms. The van der Waals surface area contributed by atoms with E-state index in [0.29, 0.717) is 6.54 Å². The van der Waals surface area contributed by atoms with Crippen molar-refractivity contribution in [2.45, 2.75) is 23.8 Å². The van der Waals surface area contributed by atoms with E-state index in [1.165, 1.54) is 17.0 Å². The Morgan fingerprint density at radius 1 is 1.33 bits per heavy atom. The summed E-state index contributed by atoms with van der Waals surface area (Å²) in [6.07, 6.45) is 3.07. The Hall–Kier alpha value is -1.97. The number of para-hydroxylation sites is 1. The molecule has 1 N–H and O–H groups in total. The molecule has 2 atom stereocenters. The van der Waals surface area contributed by atoms with Gasteiger partial charge >= 0.3 is 5.69 Å². The van der Waals surface area contributed by atoms with Crippen LogP contribution in [-0.4, -0.2) is 44.6 Å². The Labute approximate surface area is 163 Å². The SMILES string of the molecule is CN1CCCC(CNc2cccc(S(C)(=O)=O)c2[N+](=O)[O-])C1c1cccs1. The van der Waals surface area contributed by atoms with Gasteiger partial charge in [-0.1, -0.05) is 12.1 Å². The fourth-order valence-corrected chi connectivity index (χ4v) is 5.62. The maximum atomic E-state index is 11.9. The van der Waals surface area contributed by atoms with Gasteiger partial charge in [0, 0.05) is 23.7 Å². The zero-order valence-corrected chi connectivity index (χ0v) is 16.9. The smallest absolute Gasteiger partial charge is 0.310 e. The van der Waals surface area contributed by atoms with Gasteiger partial charge in [-0.2, -0.15) is 0 Å². The minimum absolute atomic E-state index is 0.251. The average molecular weight is 410 g/mol. The number of benzene rings is 1. The van der Waals surface area contributed by atoms with Crippen LogP contribution in [0, 0.1) is 16.0 Å². The number of rotatable bonds is 6. The summed E-state index contributed by atoms with van der Waals surface area (Å²) in [5.41, 5.74) is -0.127. The number of thiophene rings is 1. The van der Waals surface area contributed by atoms with E-state index >= 15 is 0 Å². The maximum absolute atomic E-state index is 11.9. The van der Waals surface area contributed by atoms with Gasteiger partial charge in [0.25, 0.3) is 0 Å². The molecule has 2 unspecified atom stereocenters. The summed E-state index contributed by atoms with van der Waals surface area (Å²) in [6, 6.07) is 8.80. The molecule has 7 nitrogen and oxygen atoms in total. The number of nitro groups is 1. The molecule has 9 heteroatoms. The topological polar surface area (TPSA) is 92.6 Å². The van der Waals surface area contributed by atoms with E-state index in [-0.39, 0.29) is 28.2 Å². The maximum Gasteiger partial charge on any atom is 0.310 e. The van der Waals surface area contributed by atoms with E-state index in [1.54, 1.807) is 17.4 Å². The van der Waals surface area contributed by atoms with Crippen molar-refractivity contribution in [1.29, 1.82) is 0 Å². The highest BCUT2D eigenvalue weighted by Crippen LogP contribution is 2.38. The quantitative estimate of drug-likeness (QED) is 0.579. The fraction of sp³-hybridized carbons (Fsp3) is 0.444. The number of anilines is 1. The van der Waals surface area contributed by atoms with Crippen LogP contribution in [-0.2, 0) is 9.84 Å². The molecule has 2 aromatic rings. The number of likely N-dealkylation sites (tertiary alicyclic amines) is 1. The molecular weight excluding hydrogens is 386 g/mol. The Balaban J connectivity index is 1.86. The van der Waals surface area contributed by atoms with E-state index in [0.717, 1.165) is 25.6 Å². The van der Waals surface area contributed by atoms with Crippen molar-refractivity contribution in [1.82, 2.24) is 4.90 Å². The molecule has 0 aliphatic carbocycles. The number of hydrogen-bond donors (Lipinski definition) is 1. The number of nitro benzene ring substituents is 1. The van der Waals surface area contributed by atoms with Crippen LogP contribution in [0.2, 0.25) is 0 Å². The molecule has 1 aromatic carbocycles. The summed E-state index contributed by atoms with van der Waals surface area (Å²) in [5.74, 6) is 0.281. The minimum atomic E-state index is -3.69. The van der Waals surface area contributed by atoms with Crippen LogP contribution in [0.1, 0.15) is 23.8 Å². The summed E-state index contributed by atoms with van der Waals surface area (Å²) in [6.45, 7) is 1.56. The second-order valence-corrected chi connectivity index (χ2v) is 9.87. The van der Waals surface area contributed by atoms with Gasteiger partial charge < -0.3 is 5.32 Å². The predicted molar refractivity (Wildman–Crippen MR) is 107 cm³/mol. The van der Waals surface area contributed by atoms with Crippen LogP contribution in [0.15, 0.2) is 40.6 Å². The Morgan fingerprint density at radius 3 is 2.74 bits per heavy atom. The molecule has 1 fully saturated rings. The van der Waals surface area contributed by atoms with E-state index in [9.17, 15) is 18.5 Å². The Morgan fingerprint density at radius 2 is 2.11 bits per heavy atom. The summed E-state index contributed by atoms with van der Waals surface area (Å²) < 4.78 is 23.9. The molecule has 0 saturated carbocycles. The number of piperidine rings is 1. The largest absolute Gasteiger partial charge is 0.379 e. The highest BCUT2D eigenvalue weighted by molar-refractivity contribution is 7.90. The van der Waals surface area contributed by atoms with Gasteiger partial charge in [0.15, 0.2) is 9.84 Å². The molecule has 27 heavy (non-hydrogen) atoms. The van der Waals surface area contributed by atoms with Crippen LogP contribution in [0.5, 0.6) is 0 Å². The Kier molecular flexibility index (Phi) is 5.83. The van der Waals surface area contributed by atoms with Crippen molar-refractivity contribution in [2.75, 3.05) is 31.7 Å². The van der Waals surface area contributed by atoms with Crippen LogP contribution in [0.3, 0.4) is 0 Å². The first-order valence-electron chi connectivity index (χ1n) is 8.74. The third kappa shape index (κ3) is 4.31. The summed E-state index contributed by atoms with van der Waals surface area (Å²) in [5, 5.41) is 16.8. The molecule has 1 aromatic heterocycles. The number of hydrogen-bond acceptors (Lipinski definition) is 7. The van der Waals surface area contributed by atoms with Crippen molar-refractivity contribution >= 4 is 32.5 Å². The van der Waals surface area contributed by atoms with E-state index < -0.39 is 14.8 Å². The molecule has 1 saturated heterocycles. The summed E-state index contributed by atoms with van der Waals surface area (Å²) in [4.78, 5) is 14.3.